The lowest BCUT2D eigenvalue weighted by molar-refractivity contribution is -0.123. The summed E-state index contributed by atoms with van der Waals surface area (Å²) in [7, 11) is 0. The van der Waals surface area contributed by atoms with Gasteiger partial charge in [-0.05, 0) is 24.1 Å². The van der Waals surface area contributed by atoms with Gasteiger partial charge in [0.15, 0.2) is 0 Å². The molecule has 0 aliphatic rings. The number of alkyl halides is 1. The second-order valence-corrected chi connectivity index (χ2v) is 4.98. The van der Waals surface area contributed by atoms with Crippen molar-refractivity contribution in [3.05, 3.63) is 33.8 Å². The molecule has 0 aromatic heterocycles. The molecule has 0 aliphatic carbocycles. The first-order valence-electron chi connectivity index (χ1n) is 5.32. The zero-order valence-corrected chi connectivity index (χ0v) is 11.7. The first-order valence-corrected chi connectivity index (χ1v) is 6.61. The van der Waals surface area contributed by atoms with Gasteiger partial charge in [0.2, 0.25) is 5.91 Å². The lowest BCUT2D eigenvalue weighted by Crippen LogP contribution is -2.31. The fraction of sp³-hybridized carbons (Fsp3) is 0.417. The van der Waals surface area contributed by atoms with E-state index in [-0.39, 0.29) is 11.8 Å². The van der Waals surface area contributed by atoms with Crippen LogP contribution in [0.25, 0.3) is 0 Å². The molecule has 0 saturated carbocycles. The van der Waals surface area contributed by atoms with E-state index < -0.39 is 0 Å². The summed E-state index contributed by atoms with van der Waals surface area (Å²) in [6.45, 7) is 2.33. The summed E-state index contributed by atoms with van der Waals surface area (Å²) in [5.41, 5.74) is 0.967. The molecule has 0 spiro atoms. The molecule has 5 heteroatoms. The molecule has 1 unspecified atom stereocenters. The molecule has 0 saturated heterocycles. The lowest BCUT2D eigenvalue weighted by Gasteiger charge is -2.10. The number of halogens is 3. The molecule has 0 aliphatic heterocycles. The third kappa shape index (κ3) is 4.74. The number of hydrogen-bond acceptors (Lipinski definition) is 1. The van der Waals surface area contributed by atoms with Crippen molar-refractivity contribution in [1.29, 1.82) is 0 Å². The molecule has 1 rings (SSSR count). The molecule has 1 aromatic rings. The molecule has 1 amide bonds. The molecule has 1 atom stereocenters. The van der Waals surface area contributed by atoms with Crippen LogP contribution in [0.2, 0.25) is 10.0 Å². The van der Waals surface area contributed by atoms with E-state index in [1.54, 1.807) is 19.1 Å². The minimum Gasteiger partial charge on any atom is -0.356 e. The first kappa shape index (κ1) is 14.6. The molecule has 1 aromatic carbocycles. The highest BCUT2D eigenvalue weighted by molar-refractivity contribution is 6.35. The Morgan fingerprint density at radius 1 is 1.41 bits per heavy atom. The minimum absolute atomic E-state index is 0.0370. The van der Waals surface area contributed by atoms with Crippen LogP contribution in [-0.4, -0.2) is 18.3 Å². The zero-order valence-electron chi connectivity index (χ0n) is 9.47. The van der Waals surface area contributed by atoms with Gasteiger partial charge in [0, 0.05) is 28.4 Å². The van der Waals surface area contributed by atoms with E-state index in [1.165, 1.54) is 0 Å². The predicted molar refractivity (Wildman–Crippen MR) is 73.1 cm³/mol. The van der Waals surface area contributed by atoms with Gasteiger partial charge in [-0.25, -0.2) is 0 Å². The average molecular weight is 295 g/mol. The van der Waals surface area contributed by atoms with E-state index in [1.807, 2.05) is 6.07 Å². The molecule has 0 heterocycles. The second-order valence-electron chi connectivity index (χ2n) is 3.83. The minimum atomic E-state index is -0.169. The van der Waals surface area contributed by atoms with Crippen molar-refractivity contribution < 1.29 is 4.79 Å². The van der Waals surface area contributed by atoms with Crippen LogP contribution < -0.4 is 5.32 Å². The highest BCUT2D eigenvalue weighted by atomic mass is 35.5. The van der Waals surface area contributed by atoms with Crippen LogP contribution in [-0.2, 0) is 11.2 Å². The Morgan fingerprint density at radius 2 is 2.12 bits per heavy atom. The van der Waals surface area contributed by atoms with E-state index in [2.05, 4.69) is 5.32 Å². The quantitative estimate of drug-likeness (QED) is 0.827. The van der Waals surface area contributed by atoms with E-state index in [4.69, 9.17) is 34.8 Å². The lowest BCUT2D eigenvalue weighted by atomic mass is 10.1. The van der Waals surface area contributed by atoms with Crippen LogP contribution >= 0.6 is 34.8 Å². The monoisotopic (exact) mass is 293 g/mol. The van der Waals surface area contributed by atoms with Crippen molar-refractivity contribution in [2.75, 3.05) is 12.4 Å². The van der Waals surface area contributed by atoms with Gasteiger partial charge in [0.25, 0.3) is 0 Å². The number of benzene rings is 1. The maximum atomic E-state index is 11.5. The van der Waals surface area contributed by atoms with Crippen LogP contribution in [0.3, 0.4) is 0 Å². The largest absolute Gasteiger partial charge is 0.356 e. The highest BCUT2D eigenvalue weighted by Crippen LogP contribution is 2.21. The molecular weight excluding hydrogens is 280 g/mol. The summed E-state index contributed by atoms with van der Waals surface area (Å²) in [6, 6.07) is 5.34. The van der Waals surface area contributed by atoms with Crippen molar-refractivity contribution in [2.24, 2.45) is 5.92 Å². The Balaban J connectivity index is 2.43. The van der Waals surface area contributed by atoms with Gasteiger partial charge in [-0.1, -0.05) is 36.2 Å². The normalized spacial score (nSPS) is 12.2. The van der Waals surface area contributed by atoms with Gasteiger partial charge >= 0.3 is 0 Å². The molecule has 0 bridgehead atoms. The Kier molecular flexibility index (Phi) is 6.10. The van der Waals surface area contributed by atoms with Crippen LogP contribution in [0.1, 0.15) is 12.5 Å². The standard InChI is InChI=1S/C12H14Cl3NO/c1-8(7-13)12(17)16-5-4-9-2-3-10(14)6-11(9)15/h2-3,6,8H,4-5,7H2,1H3,(H,16,17). The maximum absolute atomic E-state index is 11.5. The van der Waals surface area contributed by atoms with E-state index in [9.17, 15) is 4.79 Å². The summed E-state index contributed by atoms with van der Waals surface area (Å²) >= 11 is 17.4. The van der Waals surface area contributed by atoms with E-state index in [0.717, 1.165) is 5.56 Å². The first-order chi connectivity index (χ1) is 8.04. The van der Waals surface area contributed by atoms with Crippen LogP contribution in [0.4, 0.5) is 0 Å². The van der Waals surface area contributed by atoms with Gasteiger partial charge < -0.3 is 5.32 Å². The number of carbonyl (C=O) groups excluding carboxylic acids is 1. The molecule has 1 N–H and O–H groups in total. The molecule has 17 heavy (non-hydrogen) atoms. The number of carbonyl (C=O) groups is 1. The van der Waals surface area contributed by atoms with Crippen LogP contribution in [0.5, 0.6) is 0 Å². The Labute approximate surface area is 116 Å². The van der Waals surface area contributed by atoms with E-state index in [0.29, 0.717) is 28.9 Å². The highest BCUT2D eigenvalue weighted by Gasteiger charge is 2.10. The third-order valence-electron chi connectivity index (χ3n) is 2.39. The van der Waals surface area contributed by atoms with Gasteiger partial charge in [0.05, 0.1) is 0 Å². The van der Waals surface area contributed by atoms with Crippen molar-refractivity contribution in [3.63, 3.8) is 0 Å². The predicted octanol–water partition coefficient (Wildman–Crippen LogP) is 3.53. The third-order valence-corrected chi connectivity index (χ3v) is 3.44. The summed E-state index contributed by atoms with van der Waals surface area (Å²) in [5.74, 6) is 0.121. The topological polar surface area (TPSA) is 29.1 Å². The number of rotatable bonds is 5. The van der Waals surface area contributed by atoms with Gasteiger partial charge in [-0.15, -0.1) is 11.6 Å². The molecule has 0 radical (unpaired) electrons. The van der Waals surface area contributed by atoms with Gasteiger partial charge in [0.1, 0.15) is 0 Å². The number of nitrogens with one attached hydrogen (secondary N) is 1. The number of amides is 1. The second kappa shape index (κ2) is 7.10. The molecular formula is C12H14Cl3NO. The molecule has 2 nitrogen and oxygen atoms in total. The fourth-order valence-corrected chi connectivity index (χ4v) is 1.93. The van der Waals surface area contributed by atoms with Gasteiger partial charge in [-0.2, -0.15) is 0 Å². The summed E-state index contributed by atoms with van der Waals surface area (Å²) < 4.78 is 0. The number of hydrogen-bond donors (Lipinski definition) is 1. The van der Waals surface area contributed by atoms with Crippen molar-refractivity contribution >= 4 is 40.7 Å². The molecule has 94 valence electrons. The van der Waals surface area contributed by atoms with Crippen molar-refractivity contribution in [3.8, 4) is 0 Å². The van der Waals surface area contributed by atoms with Gasteiger partial charge in [-0.3, -0.25) is 4.79 Å². The van der Waals surface area contributed by atoms with Crippen LogP contribution in [0, 0.1) is 5.92 Å². The molecule has 0 fully saturated rings. The maximum Gasteiger partial charge on any atom is 0.224 e. The smallest absolute Gasteiger partial charge is 0.224 e. The summed E-state index contributed by atoms with van der Waals surface area (Å²) in [5, 5.41) is 4.04. The fourth-order valence-electron chi connectivity index (χ4n) is 1.29. The van der Waals surface area contributed by atoms with Crippen molar-refractivity contribution in [2.45, 2.75) is 13.3 Å². The summed E-state index contributed by atoms with van der Waals surface area (Å²) in [6.07, 6.45) is 0.677. The van der Waals surface area contributed by atoms with E-state index >= 15 is 0 Å². The average Bonchev–Trinajstić information content (AvgIpc) is 2.30. The zero-order chi connectivity index (χ0) is 12.8. The van der Waals surface area contributed by atoms with Crippen LogP contribution in [0.15, 0.2) is 18.2 Å². The van der Waals surface area contributed by atoms with Crippen molar-refractivity contribution in [1.82, 2.24) is 5.32 Å². The Morgan fingerprint density at radius 3 is 2.71 bits per heavy atom. The SMILES string of the molecule is CC(CCl)C(=O)NCCc1ccc(Cl)cc1Cl. The Bertz CT molecular complexity index is 395. The Hall–Kier alpha value is -0.440. The summed E-state index contributed by atoms with van der Waals surface area (Å²) in [4.78, 5) is 11.5.